The maximum atomic E-state index is 13.4. The van der Waals surface area contributed by atoms with E-state index in [0.29, 0.717) is 23.4 Å². The number of aromatic nitrogens is 1. The Bertz CT molecular complexity index is 1210. The van der Waals surface area contributed by atoms with Gasteiger partial charge in [0, 0.05) is 17.4 Å². The maximum Gasteiger partial charge on any atom is 0.343 e. The summed E-state index contributed by atoms with van der Waals surface area (Å²) in [7, 11) is 5.06. The average Bonchev–Trinajstić information content (AvgIpc) is 3.31. The van der Waals surface area contributed by atoms with Crippen molar-refractivity contribution < 1.29 is 38.4 Å². The fraction of sp³-hybridized carbons (Fsp3) is 0.318. The first kappa shape index (κ1) is 21.3. The van der Waals surface area contributed by atoms with Gasteiger partial charge >= 0.3 is 17.9 Å². The van der Waals surface area contributed by atoms with E-state index in [-0.39, 0.29) is 17.8 Å². The van der Waals surface area contributed by atoms with Crippen LogP contribution in [0.5, 0.6) is 5.75 Å². The number of fused-ring (bicyclic) bond motifs is 5. The summed E-state index contributed by atoms with van der Waals surface area (Å²) in [4.78, 5) is 43.0. The molecule has 0 bridgehead atoms. The van der Waals surface area contributed by atoms with E-state index in [2.05, 4.69) is 4.98 Å². The van der Waals surface area contributed by atoms with E-state index in [1.165, 1.54) is 19.1 Å². The first-order chi connectivity index (χ1) is 15.3. The molecule has 2 aliphatic heterocycles. The predicted molar refractivity (Wildman–Crippen MR) is 111 cm³/mol. The van der Waals surface area contributed by atoms with Gasteiger partial charge in [-0.25, -0.2) is 14.4 Å². The number of ether oxygens (including phenoxy) is 4. The normalized spacial score (nSPS) is 20.8. The van der Waals surface area contributed by atoms with Gasteiger partial charge in [-0.2, -0.15) is 0 Å². The van der Waals surface area contributed by atoms with Gasteiger partial charge < -0.3 is 33.9 Å². The second-order valence-electron chi connectivity index (χ2n) is 7.26. The van der Waals surface area contributed by atoms with E-state index in [9.17, 15) is 19.5 Å². The molecule has 0 amide bonds. The highest BCUT2D eigenvalue weighted by Crippen LogP contribution is 2.52. The maximum absolute atomic E-state index is 13.4. The quantitative estimate of drug-likeness (QED) is 0.411. The van der Waals surface area contributed by atoms with Crippen molar-refractivity contribution in [3.05, 3.63) is 52.6 Å². The summed E-state index contributed by atoms with van der Waals surface area (Å²) in [5, 5.41) is 11.8. The number of hydrogen-bond acceptors (Lipinski definition) is 9. The van der Waals surface area contributed by atoms with Gasteiger partial charge in [-0.05, 0) is 30.2 Å². The number of carbonyl (C=O) groups is 3. The summed E-state index contributed by atoms with van der Waals surface area (Å²) < 4.78 is 20.1. The summed E-state index contributed by atoms with van der Waals surface area (Å²) in [6, 6.07) is 5.38. The molecule has 1 aromatic heterocycles. The van der Waals surface area contributed by atoms with Gasteiger partial charge in [0.2, 0.25) is 5.54 Å². The van der Waals surface area contributed by atoms with Crippen LogP contribution in [-0.2, 0) is 40.6 Å². The lowest BCUT2D eigenvalue weighted by atomic mass is 9.80. The Morgan fingerprint density at radius 1 is 1.12 bits per heavy atom. The lowest BCUT2D eigenvalue weighted by molar-refractivity contribution is -0.155. The molecule has 2 aromatic rings. The van der Waals surface area contributed by atoms with E-state index in [1.807, 2.05) is 6.07 Å². The zero-order valence-electron chi connectivity index (χ0n) is 18.0. The fourth-order valence-electron chi connectivity index (χ4n) is 4.56. The number of aromatic amines is 1. The molecular formula is C22H22N2O8. The SMILES string of the molecule is COC(=O)/C=C1\C(O)=C(C(=O)OC)C2(C(=O)OC)c3[nH]c4ccc(OC)cc4c3CCN12. The second-order valence-corrected chi connectivity index (χ2v) is 7.26. The number of benzene rings is 1. The van der Waals surface area contributed by atoms with Crippen molar-refractivity contribution >= 4 is 28.8 Å². The molecule has 10 heteroatoms. The topological polar surface area (TPSA) is 127 Å². The van der Waals surface area contributed by atoms with Crippen LogP contribution in [0.2, 0.25) is 0 Å². The summed E-state index contributed by atoms with van der Waals surface area (Å²) in [5.41, 5.74) is -0.458. The number of rotatable bonds is 4. The van der Waals surface area contributed by atoms with Crippen LogP contribution < -0.4 is 4.74 Å². The van der Waals surface area contributed by atoms with E-state index in [0.717, 1.165) is 24.1 Å². The monoisotopic (exact) mass is 442 g/mol. The molecule has 10 nitrogen and oxygen atoms in total. The lowest BCUT2D eigenvalue weighted by Crippen LogP contribution is -2.55. The summed E-state index contributed by atoms with van der Waals surface area (Å²) in [5.74, 6) is -2.45. The zero-order valence-corrected chi connectivity index (χ0v) is 18.0. The summed E-state index contributed by atoms with van der Waals surface area (Å²) in [6.45, 7) is 0.194. The van der Waals surface area contributed by atoms with Crippen molar-refractivity contribution in [1.29, 1.82) is 0 Å². The Hall–Kier alpha value is -3.95. The predicted octanol–water partition coefficient (Wildman–Crippen LogP) is 1.46. The number of carbonyl (C=O) groups excluding carboxylic acids is 3. The zero-order chi connectivity index (χ0) is 23.2. The van der Waals surface area contributed by atoms with Crippen molar-refractivity contribution in [2.45, 2.75) is 12.0 Å². The van der Waals surface area contributed by atoms with Crippen LogP contribution >= 0.6 is 0 Å². The molecule has 0 saturated carbocycles. The number of H-pyrrole nitrogens is 1. The van der Waals surface area contributed by atoms with E-state index in [1.54, 1.807) is 19.2 Å². The molecule has 2 N–H and O–H groups in total. The first-order valence-corrected chi connectivity index (χ1v) is 9.72. The molecule has 32 heavy (non-hydrogen) atoms. The minimum absolute atomic E-state index is 0.0375. The smallest absolute Gasteiger partial charge is 0.343 e. The molecule has 4 rings (SSSR count). The molecule has 0 saturated heterocycles. The summed E-state index contributed by atoms with van der Waals surface area (Å²) >= 11 is 0. The Kier molecular flexibility index (Phi) is 5.08. The van der Waals surface area contributed by atoms with Crippen LogP contribution in [-0.4, -0.2) is 67.9 Å². The molecule has 2 aliphatic rings. The van der Waals surface area contributed by atoms with Crippen molar-refractivity contribution in [3.8, 4) is 5.75 Å². The minimum atomic E-state index is -1.88. The van der Waals surface area contributed by atoms with E-state index >= 15 is 0 Å². The Labute approximate surface area is 183 Å². The molecule has 1 unspecified atom stereocenters. The number of aliphatic hydroxyl groups excluding tert-OH is 1. The van der Waals surface area contributed by atoms with Crippen LogP contribution in [0.4, 0.5) is 0 Å². The molecular weight excluding hydrogens is 420 g/mol. The van der Waals surface area contributed by atoms with Gasteiger partial charge in [-0.15, -0.1) is 0 Å². The number of aliphatic hydroxyl groups is 1. The molecule has 168 valence electrons. The van der Waals surface area contributed by atoms with Crippen molar-refractivity contribution in [2.24, 2.45) is 0 Å². The summed E-state index contributed by atoms with van der Waals surface area (Å²) in [6.07, 6.45) is 1.47. The van der Waals surface area contributed by atoms with Gasteiger partial charge in [0.25, 0.3) is 0 Å². The van der Waals surface area contributed by atoms with Gasteiger partial charge in [0.05, 0.1) is 45.9 Å². The lowest BCUT2D eigenvalue weighted by Gasteiger charge is -2.42. The van der Waals surface area contributed by atoms with Crippen LogP contribution in [0.1, 0.15) is 11.3 Å². The van der Waals surface area contributed by atoms with Crippen LogP contribution in [0.15, 0.2) is 41.3 Å². The Balaban J connectivity index is 2.10. The third-order valence-electron chi connectivity index (χ3n) is 5.92. The molecule has 0 radical (unpaired) electrons. The highest BCUT2D eigenvalue weighted by molar-refractivity contribution is 6.06. The Morgan fingerprint density at radius 2 is 1.88 bits per heavy atom. The molecule has 0 fully saturated rings. The van der Waals surface area contributed by atoms with Crippen LogP contribution in [0, 0.1) is 0 Å². The van der Waals surface area contributed by atoms with Crippen molar-refractivity contribution in [2.75, 3.05) is 35.0 Å². The number of nitrogens with zero attached hydrogens (tertiary/aromatic N) is 1. The van der Waals surface area contributed by atoms with Gasteiger partial charge in [0.15, 0.2) is 5.76 Å². The standard InChI is InChI=1S/C22H22N2O8/c1-29-11-5-6-14-13(9-11)12-7-8-24-15(10-16(25)30-2)18(26)17(20(27)31-3)22(24,19(12)23-14)21(28)32-4/h5-6,9-10,23,26H,7-8H2,1-4H3/b15-10+. The third-order valence-corrected chi connectivity index (χ3v) is 5.92. The van der Waals surface area contributed by atoms with E-state index < -0.39 is 29.2 Å². The van der Waals surface area contributed by atoms with Gasteiger partial charge in [-0.3, -0.25) is 0 Å². The van der Waals surface area contributed by atoms with Crippen molar-refractivity contribution in [1.82, 2.24) is 9.88 Å². The van der Waals surface area contributed by atoms with Gasteiger partial charge in [-0.1, -0.05) is 0 Å². The fourth-order valence-corrected chi connectivity index (χ4v) is 4.56. The third kappa shape index (κ3) is 2.68. The molecule has 1 aromatic carbocycles. The number of esters is 3. The molecule has 1 atom stereocenters. The van der Waals surface area contributed by atoms with Crippen LogP contribution in [0.25, 0.3) is 10.9 Å². The average molecular weight is 442 g/mol. The first-order valence-electron chi connectivity index (χ1n) is 9.72. The second kappa shape index (κ2) is 7.63. The molecule has 0 spiro atoms. The minimum Gasteiger partial charge on any atom is -0.505 e. The van der Waals surface area contributed by atoms with Gasteiger partial charge in [0.1, 0.15) is 11.3 Å². The Morgan fingerprint density at radius 3 is 2.50 bits per heavy atom. The van der Waals surface area contributed by atoms with Crippen molar-refractivity contribution in [3.63, 3.8) is 0 Å². The highest BCUT2D eigenvalue weighted by atomic mass is 16.5. The van der Waals surface area contributed by atoms with E-state index in [4.69, 9.17) is 18.9 Å². The number of hydrogen-bond donors (Lipinski definition) is 2. The largest absolute Gasteiger partial charge is 0.505 e. The highest BCUT2D eigenvalue weighted by Gasteiger charge is 2.63. The molecule has 3 heterocycles. The number of nitrogens with one attached hydrogen (secondary N) is 1. The van der Waals surface area contributed by atoms with Crippen LogP contribution in [0.3, 0.4) is 0 Å². The molecule has 0 aliphatic carbocycles. The number of methoxy groups -OCH3 is 4.